The molecule has 90 valence electrons. The zero-order valence-corrected chi connectivity index (χ0v) is 10.3. The topological polar surface area (TPSA) is 24.5 Å². The number of ether oxygens (including phenoxy) is 1. The summed E-state index contributed by atoms with van der Waals surface area (Å²) >= 11 is 0. The molecule has 1 rings (SSSR count). The summed E-state index contributed by atoms with van der Waals surface area (Å²) in [4.78, 5) is 2.60. The van der Waals surface area contributed by atoms with Gasteiger partial charge < -0.3 is 15.0 Å². The largest absolute Gasteiger partial charge is 0.383 e. The molecule has 0 aromatic rings. The SMILES string of the molecule is COCCNCCCCN1CCC(C)C1. The Morgan fingerprint density at radius 1 is 1.33 bits per heavy atom. The quantitative estimate of drug-likeness (QED) is 0.617. The Bertz CT molecular complexity index is 153. The first-order valence-electron chi connectivity index (χ1n) is 6.25. The van der Waals surface area contributed by atoms with Gasteiger partial charge in [-0.15, -0.1) is 0 Å². The number of methoxy groups -OCH3 is 1. The molecule has 3 heteroatoms. The number of nitrogens with one attached hydrogen (secondary N) is 1. The summed E-state index contributed by atoms with van der Waals surface area (Å²) in [5, 5.41) is 3.38. The van der Waals surface area contributed by atoms with Crippen molar-refractivity contribution in [2.24, 2.45) is 5.92 Å². The molecule has 3 nitrogen and oxygen atoms in total. The highest BCUT2D eigenvalue weighted by Gasteiger charge is 2.17. The fourth-order valence-electron chi connectivity index (χ4n) is 2.11. The van der Waals surface area contributed by atoms with Crippen LogP contribution in [0.1, 0.15) is 26.2 Å². The van der Waals surface area contributed by atoms with Crippen molar-refractivity contribution < 1.29 is 4.74 Å². The van der Waals surface area contributed by atoms with Gasteiger partial charge in [-0.1, -0.05) is 6.92 Å². The Morgan fingerprint density at radius 2 is 2.20 bits per heavy atom. The molecule has 1 aliphatic rings. The molecular weight excluding hydrogens is 188 g/mol. The summed E-state index contributed by atoms with van der Waals surface area (Å²) in [5.74, 6) is 0.921. The number of nitrogens with zero attached hydrogens (tertiary/aromatic N) is 1. The van der Waals surface area contributed by atoms with Gasteiger partial charge in [-0.25, -0.2) is 0 Å². The second-order valence-corrected chi connectivity index (χ2v) is 4.64. The molecule has 1 heterocycles. The third kappa shape index (κ3) is 6.13. The summed E-state index contributed by atoms with van der Waals surface area (Å²) < 4.78 is 4.97. The predicted molar refractivity (Wildman–Crippen MR) is 64.2 cm³/mol. The Morgan fingerprint density at radius 3 is 2.87 bits per heavy atom. The van der Waals surface area contributed by atoms with E-state index in [1.807, 2.05) is 0 Å². The van der Waals surface area contributed by atoms with E-state index in [0.717, 1.165) is 25.6 Å². The minimum absolute atomic E-state index is 0.823. The maximum absolute atomic E-state index is 4.97. The van der Waals surface area contributed by atoms with Gasteiger partial charge in [-0.3, -0.25) is 0 Å². The molecule has 15 heavy (non-hydrogen) atoms. The molecule has 1 atom stereocenters. The minimum atomic E-state index is 0.823. The van der Waals surface area contributed by atoms with Gasteiger partial charge >= 0.3 is 0 Å². The molecule has 1 saturated heterocycles. The molecule has 0 saturated carbocycles. The lowest BCUT2D eigenvalue weighted by Gasteiger charge is -2.14. The summed E-state index contributed by atoms with van der Waals surface area (Å²) in [7, 11) is 1.75. The van der Waals surface area contributed by atoms with E-state index >= 15 is 0 Å². The third-order valence-corrected chi connectivity index (χ3v) is 3.07. The van der Waals surface area contributed by atoms with E-state index in [-0.39, 0.29) is 0 Å². The van der Waals surface area contributed by atoms with Crippen molar-refractivity contribution in [1.29, 1.82) is 0 Å². The highest BCUT2D eigenvalue weighted by atomic mass is 16.5. The van der Waals surface area contributed by atoms with Crippen LogP contribution in [0, 0.1) is 5.92 Å². The minimum Gasteiger partial charge on any atom is -0.383 e. The number of likely N-dealkylation sites (tertiary alicyclic amines) is 1. The van der Waals surface area contributed by atoms with E-state index in [2.05, 4.69) is 17.1 Å². The second-order valence-electron chi connectivity index (χ2n) is 4.64. The maximum Gasteiger partial charge on any atom is 0.0587 e. The van der Waals surface area contributed by atoms with Crippen molar-refractivity contribution in [2.45, 2.75) is 26.2 Å². The number of hydrogen-bond donors (Lipinski definition) is 1. The lowest BCUT2D eigenvalue weighted by molar-refractivity contribution is 0.199. The predicted octanol–water partition coefficient (Wildman–Crippen LogP) is 1.34. The highest BCUT2D eigenvalue weighted by molar-refractivity contribution is 4.71. The van der Waals surface area contributed by atoms with Gasteiger partial charge in [0.1, 0.15) is 0 Å². The average molecular weight is 214 g/mol. The van der Waals surface area contributed by atoms with E-state index < -0.39 is 0 Å². The third-order valence-electron chi connectivity index (χ3n) is 3.07. The Hall–Kier alpha value is -0.120. The van der Waals surface area contributed by atoms with Crippen LogP contribution in [0.5, 0.6) is 0 Å². The standard InChI is InChI=1S/C12H26N2O/c1-12-5-9-14(11-12)8-4-3-6-13-7-10-15-2/h12-13H,3-11H2,1-2H3. The normalized spacial score (nSPS) is 22.4. The van der Waals surface area contributed by atoms with Crippen LogP contribution in [-0.2, 0) is 4.74 Å². The van der Waals surface area contributed by atoms with Crippen molar-refractivity contribution in [3.63, 3.8) is 0 Å². The van der Waals surface area contributed by atoms with Crippen LogP contribution < -0.4 is 5.32 Å². The number of hydrogen-bond acceptors (Lipinski definition) is 3. The molecule has 1 aliphatic heterocycles. The first kappa shape index (κ1) is 12.9. The fourth-order valence-corrected chi connectivity index (χ4v) is 2.11. The molecule has 0 aromatic carbocycles. The van der Waals surface area contributed by atoms with Crippen LogP contribution >= 0.6 is 0 Å². The molecule has 0 radical (unpaired) electrons. The van der Waals surface area contributed by atoms with Crippen molar-refractivity contribution in [2.75, 3.05) is 46.4 Å². The lowest BCUT2D eigenvalue weighted by Crippen LogP contribution is -2.24. The van der Waals surface area contributed by atoms with Gasteiger partial charge in [0.2, 0.25) is 0 Å². The van der Waals surface area contributed by atoms with E-state index in [9.17, 15) is 0 Å². The molecule has 0 spiro atoms. The summed E-state index contributed by atoms with van der Waals surface area (Å²) in [6.07, 6.45) is 4.01. The lowest BCUT2D eigenvalue weighted by atomic mass is 10.2. The Balaban J connectivity index is 1.81. The Labute approximate surface area is 94.2 Å². The smallest absolute Gasteiger partial charge is 0.0587 e. The molecule has 0 bridgehead atoms. The van der Waals surface area contributed by atoms with E-state index in [1.165, 1.54) is 38.9 Å². The highest BCUT2D eigenvalue weighted by Crippen LogP contribution is 2.14. The molecule has 0 aliphatic carbocycles. The van der Waals surface area contributed by atoms with Crippen molar-refractivity contribution in [3.05, 3.63) is 0 Å². The number of rotatable bonds is 8. The second kappa shape index (κ2) is 8.08. The fraction of sp³-hybridized carbons (Fsp3) is 1.00. The van der Waals surface area contributed by atoms with Crippen molar-refractivity contribution >= 4 is 0 Å². The molecular formula is C12H26N2O. The van der Waals surface area contributed by atoms with Crippen LogP contribution in [0.15, 0.2) is 0 Å². The molecule has 0 amide bonds. The van der Waals surface area contributed by atoms with Gasteiger partial charge in [-0.05, 0) is 44.8 Å². The maximum atomic E-state index is 4.97. The first-order valence-corrected chi connectivity index (χ1v) is 6.25. The summed E-state index contributed by atoms with van der Waals surface area (Å²) in [6.45, 7) is 9.21. The van der Waals surface area contributed by atoms with Crippen LogP contribution in [-0.4, -0.2) is 51.3 Å². The van der Waals surface area contributed by atoms with Crippen molar-refractivity contribution in [3.8, 4) is 0 Å². The summed E-state index contributed by atoms with van der Waals surface area (Å²) in [6, 6.07) is 0. The monoisotopic (exact) mass is 214 g/mol. The van der Waals surface area contributed by atoms with Crippen LogP contribution in [0.2, 0.25) is 0 Å². The van der Waals surface area contributed by atoms with E-state index in [4.69, 9.17) is 4.74 Å². The van der Waals surface area contributed by atoms with Gasteiger partial charge in [0.25, 0.3) is 0 Å². The molecule has 1 N–H and O–H groups in total. The average Bonchev–Trinajstić information content (AvgIpc) is 2.63. The zero-order valence-electron chi connectivity index (χ0n) is 10.3. The Kier molecular flexibility index (Phi) is 6.98. The number of unbranched alkanes of at least 4 members (excludes halogenated alkanes) is 1. The summed E-state index contributed by atoms with van der Waals surface area (Å²) in [5.41, 5.74) is 0. The van der Waals surface area contributed by atoms with Crippen LogP contribution in [0.25, 0.3) is 0 Å². The van der Waals surface area contributed by atoms with Gasteiger partial charge in [0.15, 0.2) is 0 Å². The van der Waals surface area contributed by atoms with Gasteiger partial charge in [0, 0.05) is 20.2 Å². The first-order chi connectivity index (χ1) is 7.33. The van der Waals surface area contributed by atoms with E-state index in [0.29, 0.717) is 0 Å². The van der Waals surface area contributed by atoms with Crippen LogP contribution in [0.4, 0.5) is 0 Å². The van der Waals surface area contributed by atoms with Crippen molar-refractivity contribution in [1.82, 2.24) is 10.2 Å². The van der Waals surface area contributed by atoms with Gasteiger partial charge in [0.05, 0.1) is 6.61 Å². The zero-order chi connectivity index (χ0) is 10.9. The van der Waals surface area contributed by atoms with Crippen LogP contribution in [0.3, 0.4) is 0 Å². The van der Waals surface area contributed by atoms with Gasteiger partial charge in [-0.2, -0.15) is 0 Å². The molecule has 1 fully saturated rings. The molecule has 1 unspecified atom stereocenters. The van der Waals surface area contributed by atoms with E-state index in [1.54, 1.807) is 7.11 Å². The molecule has 0 aromatic heterocycles.